The first-order chi connectivity index (χ1) is 15.7. The molecule has 9 heteroatoms. The van der Waals surface area contributed by atoms with E-state index in [-0.39, 0.29) is 11.6 Å². The average molecular weight is 429 g/mol. The van der Waals surface area contributed by atoms with Crippen molar-refractivity contribution in [3.05, 3.63) is 83.4 Å². The van der Waals surface area contributed by atoms with E-state index in [1.54, 1.807) is 12.4 Å². The minimum atomic E-state index is -0.347. The fourth-order valence-corrected chi connectivity index (χ4v) is 3.33. The summed E-state index contributed by atoms with van der Waals surface area (Å²) in [6.45, 7) is 5.92. The van der Waals surface area contributed by atoms with Crippen molar-refractivity contribution in [2.45, 2.75) is 26.8 Å². The second-order valence-corrected chi connectivity index (χ2v) is 6.79. The van der Waals surface area contributed by atoms with Crippen LogP contribution in [0.25, 0.3) is 22.1 Å². The highest BCUT2D eigenvalue weighted by Crippen LogP contribution is 2.22. The molecule has 0 aliphatic heterocycles. The largest absolute Gasteiger partial charge is 0.358 e. The zero-order valence-corrected chi connectivity index (χ0v) is 18.1. The topological polar surface area (TPSA) is 113 Å². The predicted octanol–water partition coefficient (Wildman–Crippen LogP) is 4.14. The van der Waals surface area contributed by atoms with Gasteiger partial charge in [-0.15, -0.1) is 0 Å². The molecule has 0 aliphatic rings. The summed E-state index contributed by atoms with van der Waals surface area (Å²) in [5, 5.41) is 3.86. The zero-order chi connectivity index (χ0) is 22.5. The Morgan fingerprint density at radius 2 is 1.72 bits per heavy atom. The number of imidazole rings is 1. The van der Waals surface area contributed by atoms with E-state index < -0.39 is 0 Å². The van der Waals surface area contributed by atoms with Crippen molar-refractivity contribution in [1.29, 1.82) is 0 Å². The Balaban J connectivity index is 0.00000119. The number of hydrogen-bond donors (Lipinski definition) is 3. The van der Waals surface area contributed by atoms with E-state index in [4.69, 9.17) is 4.98 Å². The van der Waals surface area contributed by atoms with Crippen LogP contribution in [0.1, 0.15) is 32.6 Å². The van der Waals surface area contributed by atoms with Gasteiger partial charge in [0.15, 0.2) is 17.3 Å². The van der Waals surface area contributed by atoms with Crippen LogP contribution in [-0.2, 0) is 0 Å². The molecule has 32 heavy (non-hydrogen) atoms. The average Bonchev–Trinajstić information content (AvgIpc) is 3.33. The van der Waals surface area contributed by atoms with E-state index in [0.29, 0.717) is 33.7 Å². The summed E-state index contributed by atoms with van der Waals surface area (Å²) in [5.41, 5.74) is 5.67. The Morgan fingerprint density at radius 3 is 2.53 bits per heavy atom. The maximum atomic E-state index is 13.3. The third kappa shape index (κ3) is 4.00. The van der Waals surface area contributed by atoms with Gasteiger partial charge in [0.1, 0.15) is 11.8 Å². The first-order valence-electron chi connectivity index (χ1n) is 10.4. The highest BCUT2D eigenvalue weighted by atomic mass is 16.1. The maximum absolute atomic E-state index is 13.3. The number of anilines is 2. The summed E-state index contributed by atoms with van der Waals surface area (Å²) in [7, 11) is 0. The molecule has 0 radical (unpaired) electrons. The molecule has 3 aromatic heterocycles. The molecule has 1 unspecified atom stereocenters. The molecule has 1 atom stereocenters. The lowest BCUT2D eigenvalue weighted by Gasteiger charge is -2.21. The molecule has 0 bridgehead atoms. The summed E-state index contributed by atoms with van der Waals surface area (Å²) < 4.78 is 1.47. The van der Waals surface area contributed by atoms with Gasteiger partial charge in [0, 0.05) is 0 Å². The molecule has 0 spiro atoms. The van der Waals surface area contributed by atoms with Crippen molar-refractivity contribution in [3.8, 4) is 0 Å². The van der Waals surface area contributed by atoms with Gasteiger partial charge in [0.2, 0.25) is 0 Å². The lowest BCUT2D eigenvalue weighted by molar-refractivity contribution is 0.701. The Kier molecular flexibility index (Phi) is 6.07. The van der Waals surface area contributed by atoms with E-state index >= 15 is 0 Å². The molecular weight excluding hydrogens is 404 g/mol. The second kappa shape index (κ2) is 9.25. The van der Waals surface area contributed by atoms with Crippen molar-refractivity contribution in [2.24, 2.45) is 0 Å². The van der Waals surface area contributed by atoms with Gasteiger partial charge in [-0.25, -0.2) is 24.6 Å². The lowest BCUT2D eigenvalue weighted by Crippen LogP contribution is -2.33. The smallest absolute Gasteiger partial charge is 0.280 e. The lowest BCUT2D eigenvalue weighted by atomic mass is 10.2. The number of aromatic amines is 1. The summed E-state index contributed by atoms with van der Waals surface area (Å²) in [5.74, 6) is 1.10. The number of benzene rings is 2. The van der Waals surface area contributed by atoms with Gasteiger partial charge in [-0.1, -0.05) is 44.2 Å². The van der Waals surface area contributed by atoms with E-state index in [0.717, 1.165) is 5.69 Å². The first kappa shape index (κ1) is 21.0. The predicted molar refractivity (Wildman–Crippen MR) is 127 cm³/mol. The maximum Gasteiger partial charge on any atom is 0.280 e. The van der Waals surface area contributed by atoms with Gasteiger partial charge >= 0.3 is 0 Å². The number of hydrogen-bond acceptors (Lipinski definition) is 7. The second-order valence-electron chi connectivity index (χ2n) is 6.79. The number of nitrogens with one attached hydrogen (secondary N) is 3. The standard InChI is InChI=1S/C21H18N8O.C2H6/c1-13(26-19-17-18(23-11-22-17)24-12-25-19)20-27-16-10-6-5-9-15(16)21(30)29(20)28-14-7-3-2-4-8-14;1-2/h2-13,28H,1H3,(H2,22,23,24,25,26);1-2H3. The van der Waals surface area contributed by atoms with Gasteiger partial charge < -0.3 is 10.3 Å². The molecule has 9 nitrogen and oxygen atoms in total. The fourth-order valence-electron chi connectivity index (χ4n) is 3.33. The van der Waals surface area contributed by atoms with Crippen LogP contribution in [0.2, 0.25) is 0 Å². The van der Waals surface area contributed by atoms with Crippen molar-refractivity contribution < 1.29 is 0 Å². The molecule has 162 valence electrons. The summed E-state index contributed by atoms with van der Waals surface area (Å²) in [4.78, 5) is 33.7. The van der Waals surface area contributed by atoms with E-state index in [1.165, 1.54) is 11.0 Å². The number of para-hydroxylation sites is 2. The van der Waals surface area contributed by atoms with Gasteiger partial charge in [-0.3, -0.25) is 10.2 Å². The van der Waals surface area contributed by atoms with E-state index in [2.05, 4.69) is 30.7 Å². The zero-order valence-electron chi connectivity index (χ0n) is 18.1. The Labute approximate surface area is 184 Å². The van der Waals surface area contributed by atoms with Gasteiger partial charge in [0.05, 0.1) is 29.0 Å². The van der Waals surface area contributed by atoms with Crippen LogP contribution in [0.3, 0.4) is 0 Å². The van der Waals surface area contributed by atoms with Crippen LogP contribution in [0.5, 0.6) is 0 Å². The molecule has 3 N–H and O–H groups in total. The Bertz CT molecular complexity index is 1390. The molecule has 3 heterocycles. The molecule has 5 aromatic rings. The van der Waals surface area contributed by atoms with Crippen LogP contribution in [0.4, 0.5) is 11.5 Å². The van der Waals surface area contributed by atoms with Crippen molar-refractivity contribution in [2.75, 3.05) is 10.7 Å². The summed E-state index contributed by atoms with van der Waals surface area (Å²) in [6, 6.07) is 16.5. The van der Waals surface area contributed by atoms with Crippen LogP contribution in [0.15, 0.2) is 72.0 Å². The van der Waals surface area contributed by atoms with E-state index in [1.807, 2.05) is 69.3 Å². The van der Waals surface area contributed by atoms with E-state index in [9.17, 15) is 4.79 Å². The van der Waals surface area contributed by atoms with Crippen molar-refractivity contribution >= 4 is 33.6 Å². The van der Waals surface area contributed by atoms with Gasteiger partial charge in [-0.2, -0.15) is 0 Å². The minimum absolute atomic E-state index is 0.178. The van der Waals surface area contributed by atoms with Crippen LogP contribution >= 0.6 is 0 Å². The molecule has 0 saturated carbocycles. The summed E-state index contributed by atoms with van der Waals surface area (Å²) >= 11 is 0. The third-order valence-electron chi connectivity index (χ3n) is 4.78. The molecular formula is C23H24N8O. The molecule has 5 rings (SSSR count). The van der Waals surface area contributed by atoms with Crippen molar-refractivity contribution in [3.63, 3.8) is 0 Å². The molecule has 2 aromatic carbocycles. The van der Waals surface area contributed by atoms with Crippen LogP contribution in [-0.4, -0.2) is 29.6 Å². The first-order valence-corrected chi connectivity index (χ1v) is 10.4. The number of fused-ring (bicyclic) bond motifs is 2. The molecule has 0 saturated heterocycles. The minimum Gasteiger partial charge on any atom is -0.358 e. The SMILES string of the molecule is CC.CC(Nc1ncnc2nc[nH]c12)c1nc2ccccc2c(=O)n1Nc1ccccc1. The number of aromatic nitrogens is 6. The highest BCUT2D eigenvalue weighted by molar-refractivity contribution is 5.82. The molecule has 0 aliphatic carbocycles. The summed E-state index contributed by atoms with van der Waals surface area (Å²) in [6.07, 6.45) is 3.01. The van der Waals surface area contributed by atoms with Gasteiger partial charge in [0.25, 0.3) is 5.56 Å². The molecule has 0 fully saturated rings. The van der Waals surface area contributed by atoms with Crippen LogP contribution < -0.4 is 16.3 Å². The monoisotopic (exact) mass is 428 g/mol. The third-order valence-corrected chi connectivity index (χ3v) is 4.78. The van der Waals surface area contributed by atoms with Gasteiger partial charge in [-0.05, 0) is 31.2 Å². The number of rotatable bonds is 5. The van der Waals surface area contributed by atoms with Crippen molar-refractivity contribution in [1.82, 2.24) is 29.6 Å². The Hall–Kier alpha value is -4.27. The Morgan fingerprint density at radius 1 is 0.969 bits per heavy atom. The fraction of sp³-hybridized carbons (Fsp3) is 0.174. The number of nitrogens with zero attached hydrogens (tertiary/aromatic N) is 5. The molecule has 0 amide bonds. The highest BCUT2D eigenvalue weighted by Gasteiger charge is 2.19. The quantitative estimate of drug-likeness (QED) is 0.385. The normalized spacial score (nSPS) is 11.6. The number of H-pyrrole nitrogens is 1. The van der Waals surface area contributed by atoms with Crippen LogP contribution in [0, 0.1) is 0 Å².